The lowest BCUT2D eigenvalue weighted by atomic mass is 10.5. The molecule has 102 valence electrons. The molecule has 0 unspecified atom stereocenters. The van der Waals surface area contributed by atoms with E-state index in [2.05, 4.69) is 4.74 Å². The zero-order chi connectivity index (χ0) is 13.1. The van der Waals surface area contributed by atoms with Crippen LogP contribution < -0.4 is 0 Å². The van der Waals surface area contributed by atoms with E-state index in [1.54, 1.807) is 20.8 Å². The molecule has 0 rings (SSSR count). The van der Waals surface area contributed by atoms with Gasteiger partial charge in [0.25, 0.3) is 0 Å². The van der Waals surface area contributed by atoms with Gasteiger partial charge in [0.15, 0.2) is 0 Å². The first-order chi connectivity index (χ1) is 8.08. The number of carbonyl (C=O) groups excluding carboxylic acids is 1. The quantitative estimate of drug-likeness (QED) is 0.364. The first-order valence-corrected chi connectivity index (χ1v) is 7.48. The van der Waals surface area contributed by atoms with Gasteiger partial charge < -0.3 is 18.5 Å². The second-order valence-electron chi connectivity index (χ2n) is 3.06. The maximum atomic E-state index is 12.0. The lowest BCUT2D eigenvalue weighted by Gasteiger charge is -2.16. The molecule has 0 atom stereocenters. The first kappa shape index (κ1) is 16.4. The molecule has 0 amide bonds. The molecule has 0 aromatic heterocycles. The zero-order valence-electron chi connectivity index (χ0n) is 10.6. The standard InChI is InChI=1S/C10H21O6P/c1-4-13-10(11)14-8-7-9-17(12,15-5-2)16-6-3/h4-9H2,1-3H3. The maximum absolute atomic E-state index is 12.0. The lowest BCUT2D eigenvalue weighted by molar-refractivity contribution is 0.0588. The van der Waals surface area contributed by atoms with E-state index in [9.17, 15) is 9.36 Å². The molecular weight excluding hydrogens is 247 g/mol. The monoisotopic (exact) mass is 268 g/mol. The van der Waals surface area contributed by atoms with Gasteiger partial charge in [-0.15, -0.1) is 0 Å². The van der Waals surface area contributed by atoms with E-state index in [-0.39, 0.29) is 19.4 Å². The van der Waals surface area contributed by atoms with Gasteiger partial charge in [-0.05, 0) is 27.2 Å². The van der Waals surface area contributed by atoms with Crippen LogP contribution in [-0.4, -0.2) is 38.7 Å². The van der Waals surface area contributed by atoms with E-state index in [0.29, 0.717) is 19.6 Å². The van der Waals surface area contributed by atoms with Crippen LogP contribution in [0.1, 0.15) is 27.2 Å². The van der Waals surface area contributed by atoms with E-state index in [1.165, 1.54) is 0 Å². The van der Waals surface area contributed by atoms with Crippen molar-refractivity contribution in [3.05, 3.63) is 0 Å². The van der Waals surface area contributed by atoms with Crippen molar-refractivity contribution in [3.63, 3.8) is 0 Å². The highest BCUT2D eigenvalue weighted by molar-refractivity contribution is 7.53. The topological polar surface area (TPSA) is 71.1 Å². The van der Waals surface area contributed by atoms with Gasteiger partial charge in [0.2, 0.25) is 0 Å². The van der Waals surface area contributed by atoms with Crippen LogP contribution in [0.5, 0.6) is 0 Å². The Morgan fingerprint density at radius 2 is 1.59 bits per heavy atom. The average molecular weight is 268 g/mol. The van der Waals surface area contributed by atoms with E-state index in [1.807, 2.05) is 0 Å². The summed E-state index contributed by atoms with van der Waals surface area (Å²) >= 11 is 0. The summed E-state index contributed by atoms with van der Waals surface area (Å²) in [4.78, 5) is 10.8. The highest BCUT2D eigenvalue weighted by atomic mass is 31.2. The molecule has 0 aromatic carbocycles. The second kappa shape index (κ2) is 9.45. The van der Waals surface area contributed by atoms with E-state index in [4.69, 9.17) is 13.8 Å². The summed E-state index contributed by atoms with van der Waals surface area (Å²) in [5.74, 6) is 0. The van der Waals surface area contributed by atoms with E-state index in [0.717, 1.165) is 0 Å². The fraction of sp³-hybridized carbons (Fsp3) is 0.900. The van der Waals surface area contributed by atoms with Crippen LogP contribution in [0.4, 0.5) is 4.79 Å². The van der Waals surface area contributed by atoms with Crippen LogP contribution >= 0.6 is 7.60 Å². The van der Waals surface area contributed by atoms with Crippen molar-refractivity contribution in [2.24, 2.45) is 0 Å². The van der Waals surface area contributed by atoms with Crippen LogP contribution in [0, 0.1) is 0 Å². The molecule has 0 radical (unpaired) electrons. The smallest absolute Gasteiger partial charge is 0.435 e. The second-order valence-corrected chi connectivity index (χ2v) is 5.24. The van der Waals surface area contributed by atoms with Crippen LogP contribution in [0.2, 0.25) is 0 Å². The average Bonchev–Trinajstić information content (AvgIpc) is 2.26. The van der Waals surface area contributed by atoms with Crippen LogP contribution in [0.3, 0.4) is 0 Å². The summed E-state index contributed by atoms with van der Waals surface area (Å²) in [5.41, 5.74) is 0. The van der Waals surface area contributed by atoms with Gasteiger partial charge >= 0.3 is 13.8 Å². The molecule has 0 fully saturated rings. The Bertz CT molecular complexity index is 245. The van der Waals surface area contributed by atoms with Crippen molar-refractivity contribution in [2.45, 2.75) is 27.2 Å². The summed E-state index contributed by atoms with van der Waals surface area (Å²) in [6, 6.07) is 0. The molecule has 0 N–H and O–H groups in total. The molecule has 0 bridgehead atoms. The number of hydrogen-bond donors (Lipinski definition) is 0. The maximum Gasteiger partial charge on any atom is 0.508 e. The van der Waals surface area contributed by atoms with Crippen molar-refractivity contribution in [1.82, 2.24) is 0 Å². The fourth-order valence-corrected chi connectivity index (χ4v) is 2.77. The Labute approximate surface area is 102 Å². The summed E-state index contributed by atoms with van der Waals surface area (Å²) in [6.45, 7) is 6.27. The minimum absolute atomic E-state index is 0.142. The molecule has 0 spiro atoms. The first-order valence-electron chi connectivity index (χ1n) is 5.75. The molecule has 0 saturated carbocycles. The molecule has 0 aliphatic heterocycles. The SMILES string of the molecule is CCOC(=O)OCCCP(=O)(OCC)OCC. The van der Waals surface area contributed by atoms with Gasteiger partial charge in [-0.3, -0.25) is 4.57 Å². The highest BCUT2D eigenvalue weighted by Crippen LogP contribution is 2.48. The molecule has 0 aliphatic carbocycles. The van der Waals surface area contributed by atoms with Gasteiger partial charge in [0.05, 0.1) is 32.6 Å². The Morgan fingerprint density at radius 3 is 2.06 bits per heavy atom. The van der Waals surface area contributed by atoms with Gasteiger partial charge in [0, 0.05) is 0 Å². The third kappa shape index (κ3) is 8.18. The van der Waals surface area contributed by atoms with E-state index >= 15 is 0 Å². The van der Waals surface area contributed by atoms with Crippen molar-refractivity contribution >= 4 is 13.8 Å². The molecule has 6 nitrogen and oxygen atoms in total. The van der Waals surface area contributed by atoms with Crippen LogP contribution in [-0.2, 0) is 23.1 Å². The van der Waals surface area contributed by atoms with Gasteiger partial charge in [-0.2, -0.15) is 0 Å². The molecule has 0 saturated heterocycles. The molecule has 0 heterocycles. The number of carbonyl (C=O) groups is 1. The fourth-order valence-electron chi connectivity index (χ4n) is 1.13. The summed E-state index contributed by atoms with van der Waals surface area (Å²) < 4.78 is 31.5. The third-order valence-electron chi connectivity index (χ3n) is 1.71. The van der Waals surface area contributed by atoms with Crippen molar-refractivity contribution in [2.75, 3.05) is 32.6 Å². The summed E-state index contributed by atoms with van der Waals surface area (Å²) in [7, 11) is -3.03. The third-order valence-corrected chi connectivity index (χ3v) is 3.88. The Morgan fingerprint density at radius 1 is 1.00 bits per heavy atom. The summed E-state index contributed by atoms with van der Waals surface area (Å²) in [5, 5.41) is 0. The number of hydrogen-bond acceptors (Lipinski definition) is 6. The predicted octanol–water partition coefficient (Wildman–Crippen LogP) is 2.82. The normalized spacial score (nSPS) is 11.2. The van der Waals surface area contributed by atoms with Gasteiger partial charge in [0.1, 0.15) is 0 Å². The molecule has 0 aromatic rings. The van der Waals surface area contributed by atoms with Crippen LogP contribution in [0.25, 0.3) is 0 Å². The summed E-state index contributed by atoms with van der Waals surface area (Å²) in [6.07, 6.45) is -0.0698. The lowest BCUT2D eigenvalue weighted by Crippen LogP contribution is -2.10. The zero-order valence-corrected chi connectivity index (χ0v) is 11.5. The van der Waals surface area contributed by atoms with E-state index < -0.39 is 13.8 Å². The van der Waals surface area contributed by atoms with Gasteiger partial charge in [-0.1, -0.05) is 0 Å². The Hall–Kier alpha value is -0.580. The molecule has 7 heteroatoms. The molecule has 17 heavy (non-hydrogen) atoms. The minimum atomic E-state index is -3.03. The predicted molar refractivity (Wildman–Crippen MR) is 63.3 cm³/mol. The highest BCUT2D eigenvalue weighted by Gasteiger charge is 2.22. The minimum Gasteiger partial charge on any atom is -0.435 e. The van der Waals surface area contributed by atoms with Crippen molar-refractivity contribution < 1.29 is 27.9 Å². The number of rotatable bonds is 9. The van der Waals surface area contributed by atoms with Crippen molar-refractivity contribution in [1.29, 1.82) is 0 Å². The number of ether oxygens (including phenoxy) is 2. The van der Waals surface area contributed by atoms with Crippen molar-refractivity contribution in [3.8, 4) is 0 Å². The molecular formula is C10H21O6P. The largest absolute Gasteiger partial charge is 0.508 e. The Kier molecular flexibility index (Phi) is 9.13. The van der Waals surface area contributed by atoms with Crippen LogP contribution in [0.15, 0.2) is 0 Å². The molecule has 0 aliphatic rings. The Balaban J connectivity index is 3.82. The van der Waals surface area contributed by atoms with Gasteiger partial charge in [-0.25, -0.2) is 4.79 Å².